The molecule has 0 fully saturated rings. The van der Waals surface area contributed by atoms with E-state index < -0.39 is 0 Å². The molecular weight excluding hydrogens is 330 g/mol. The molecule has 1 atom stereocenters. The molecule has 3 aromatic rings. The van der Waals surface area contributed by atoms with Gasteiger partial charge in [-0.3, -0.25) is 9.69 Å². The molecule has 1 N–H and O–H groups in total. The number of likely N-dealkylation sites (N-methyl/N-ethyl adjacent to an activating group) is 1. The van der Waals surface area contributed by atoms with Gasteiger partial charge in [-0.05, 0) is 57.1 Å². The smallest absolute Gasteiger partial charge is 0.238 e. The van der Waals surface area contributed by atoms with E-state index in [0.29, 0.717) is 6.54 Å². The van der Waals surface area contributed by atoms with E-state index in [0.717, 1.165) is 21.8 Å². The third kappa shape index (κ3) is 3.89. The monoisotopic (exact) mass is 353 g/mol. The predicted molar refractivity (Wildman–Crippen MR) is 105 cm³/mol. The summed E-state index contributed by atoms with van der Waals surface area (Å²) in [7, 11) is 1.96. The number of hydrogen-bond acceptors (Lipinski definition) is 4. The van der Waals surface area contributed by atoms with Crippen molar-refractivity contribution < 1.29 is 4.79 Å². The van der Waals surface area contributed by atoms with E-state index in [1.165, 1.54) is 10.3 Å². The number of thiazole rings is 1. The van der Waals surface area contributed by atoms with E-state index in [-0.39, 0.29) is 11.9 Å². The lowest BCUT2D eigenvalue weighted by atomic mass is 10.1. The van der Waals surface area contributed by atoms with Gasteiger partial charge in [-0.15, -0.1) is 11.3 Å². The molecule has 4 nitrogen and oxygen atoms in total. The van der Waals surface area contributed by atoms with Crippen LogP contribution in [0.4, 0.5) is 5.69 Å². The molecule has 0 spiro atoms. The number of nitrogens with one attached hydrogen (secondary N) is 1. The van der Waals surface area contributed by atoms with Gasteiger partial charge in [-0.2, -0.15) is 0 Å². The van der Waals surface area contributed by atoms with Crippen LogP contribution in [0.25, 0.3) is 10.2 Å². The second-order valence-electron chi connectivity index (χ2n) is 6.41. The van der Waals surface area contributed by atoms with Gasteiger partial charge in [-0.25, -0.2) is 4.98 Å². The Bertz CT molecular complexity index is 870. The van der Waals surface area contributed by atoms with E-state index in [1.807, 2.05) is 62.2 Å². The molecule has 0 saturated heterocycles. The number of hydrogen-bond donors (Lipinski definition) is 1. The van der Waals surface area contributed by atoms with Gasteiger partial charge >= 0.3 is 0 Å². The van der Waals surface area contributed by atoms with E-state index in [1.54, 1.807) is 11.3 Å². The van der Waals surface area contributed by atoms with Crippen LogP contribution in [0.2, 0.25) is 0 Å². The molecule has 0 radical (unpaired) electrons. The highest BCUT2D eigenvalue weighted by molar-refractivity contribution is 7.18. The first-order valence-corrected chi connectivity index (χ1v) is 9.19. The number of aromatic nitrogens is 1. The van der Waals surface area contributed by atoms with Crippen LogP contribution >= 0.6 is 11.3 Å². The molecule has 1 aromatic heterocycles. The molecule has 0 saturated carbocycles. The summed E-state index contributed by atoms with van der Waals surface area (Å²) >= 11 is 1.68. The number of nitrogens with zero attached hydrogens (tertiary/aromatic N) is 2. The Balaban J connectivity index is 1.67. The zero-order chi connectivity index (χ0) is 18.0. The number of amides is 1. The Hall–Kier alpha value is -2.24. The van der Waals surface area contributed by atoms with Crippen LogP contribution in [-0.4, -0.2) is 29.4 Å². The van der Waals surface area contributed by atoms with Crippen molar-refractivity contribution in [1.29, 1.82) is 0 Å². The highest BCUT2D eigenvalue weighted by atomic mass is 32.1. The first kappa shape index (κ1) is 17.6. The first-order chi connectivity index (χ1) is 12.0. The number of carbonyl (C=O) groups is 1. The first-order valence-electron chi connectivity index (χ1n) is 8.37. The van der Waals surface area contributed by atoms with Crippen LogP contribution in [0.15, 0.2) is 42.5 Å². The Morgan fingerprint density at radius 1 is 1.20 bits per heavy atom. The maximum absolute atomic E-state index is 12.4. The molecule has 130 valence electrons. The Kier molecular flexibility index (Phi) is 5.16. The molecule has 1 unspecified atom stereocenters. The topological polar surface area (TPSA) is 45.2 Å². The SMILES string of the molecule is Cc1cccc(NC(=O)CN(C)C(C)c2nc3ccccc3s2)c1C. The molecule has 0 aliphatic carbocycles. The molecule has 1 amide bonds. The van der Waals surface area contributed by atoms with Crippen molar-refractivity contribution in [3.63, 3.8) is 0 Å². The van der Waals surface area contributed by atoms with E-state index >= 15 is 0 Å². The number of anilines is 1. The summed E-state index contributed by atoms with van der Waals surface area (Å²) in [6, 6.07) is 14.2. The number of para-hydroxylation sites is 1. The van der Waals surface area contributed by atoms with Crippen molar-refractivity contribution in [2.45, 2.75) is 26.8 Å². The molecule has 25 heavy (non-hydrogen) atoms. The summed E-state index contributed by atoms with van der Waals surface area (Å²) in [5.74, 6) is -0.0100. The van der Waals surface area contributed by atoms with Crippen molar-refractivity contribution >= 4 is 33.1 Å². The molecule has 3 rings (SSSR count). The zero-order valence-corrected chi connectivity index (χ0v) is 15.9. The third-order valence-corrected chi connectivity index (χ3v) is 5.81. The van der Waals surface area contributed by atoms with E-state index in [9.17, 15) is 4.79 Å². The van der Waals surface area contributed by atoms with Gasteiger partial charge in [0.05, 0.1) is 22.8 Å². The van der Waals surface area contributed by atoms with Crippen molar-refractivity contribution in [1.82, 2.24) is 9.88 Å². The van der Waals surface area contributed by atoms with Crippen LogP contribution < -0.4 is 5.32 Å². The molecule has 0 aliphatic heterocycles. The Morgan fingerprint density at radius 2 is 1.96 bits per heavy atom. The lowest BCUT2D eigenvalue weighted by molar-refractivity contribution is -0.117. The Labute approximate surface area is 152 Å². The summed E-state index contributed by atoms with van der Waals surface area (Å²) in [6.45, 7) is 6.48. The largest absolute Gasteiger partial charge is 0.325 e. The van der Waals surface area contributed by atoms with E-state index in [4.69, 9.17) is 4.98 Å². The van der Waals surface area contributed by atoms with Gasteiger partial charge in [0.1, 0.15) is 5.01 Å². The molecule has 0 aliphatic rings. The quantitative estimate of drug-likeness (QED) is 0.732. The molecule has 5 heteroatoms. The molecule has 1 heterocycles. The average molecular weight is 353 g/mol. The zero-order valence-electron chi connectivity index (χ0n) is 15.0. The lowest BCUT2D eigenvalue weighted by Crippen LogP contribution is -2.32. The minimum Gasteiger partial charge on any atom is -0.325 e. The summed E-state index contributed by atoms with van der Waals surface area (Å²) in [5.41, 5.74) is 4.18. The van der Waals surface area contributed by atoms with Gasteiger partial charge in [0.15, 0.2) is 0 Å². The molecular formula is C20H23N3OS. The van der Waals surface area contributed by atoms with Crippen LogP contribution in [0.3, 0.4) is 0 Å². The predicted octanol–water partition coefficient (Wildman–Crippen LogP) is 4.54. The summed E-state index contributed by atoms with van der Waals surface area (Å²) in [4.78, 5) is 19.1. The minimum absolute atomic E-state index is 0.0100. The minimum atomic E-state index is -0.0100. The number of benzene rings is 2. The van der Waals surface area contributed by atoms with E-state index in [2.05, 4.69) is 18.3 Å². The van der Waals surface area contributed by atoms with Crippen LogP contribution in [0, 0.1) is 13.8 Å². The number of fused-ring (bicyclic) bond motifs is 1. The molecule has 0 bridgehead atoms. The normalized spacial score (nSPS) is 12.5. The Morgan fingerprint density at radius 3 is 2.72 bits per heavy atom. The summed E-state index contributed by atoms with van der Waals surface area (Å²) in [5, 5.41) is 4.05. The fourth-order valence-electron chi connectivity index (χ4n) is 2.70. The lowest BCUT2D eigenvalue weighted by Gasteiger charge is -2.22. The van der Waals surface area contributed by atoms with Crippen LogP contribution in [-0.2, 0) is 4.79 Å². The van der Waals surface area contributed by atoms with Gasteiger partial charge < -0.3 is 5.32 Å². The van der Waals surface area contributed by atoms with Gasteiger partial charge in [0.25, 0.3) is 0 Å². The summed E-state index contributed by atoms with van der Waals surface area (Å²) < 4.78 is 1.18. The summed E-state index contributed by atoms with van der Waals surface area (Å²) in [6.07, 6.45) is 0. The molecule has 2 aromatic carbocycles. The number of aryl methyl sites for hydroxylation is 1. The maximum atomic E-state index is 12.4. The average Bonchev–Trinajstić information content (AvgIpc) is 3.02. The standard InChI is InChI=1S/C20H23N3OS/c1-13-8-7-10-16(14(13)2)21-19(24)12-23(4)15(3)20-22-17-9-5-6-11-18(17)25-20/h5-11,15H,12H2,1-4H3,(H,21,24). The maximum Gasteiger partial charge on any atom is 0.238 e. The fourth-order valence-corrected chi connectivity index (χ4v) is 3.78. The fraction of sp³-hybridized carbons (Fsp3) is 0.300. The van der Waals surface area contributed by atoms with Crippen LogP contribution in [0.1, 0.15) is 29.1 Å². The number of rotatable bonds is 5. The van der Waals surface area contributed by atoms with Gasteiger partial charge in [0, 0.05) is 5.69 Å². The van der Waals surface area contributed by atoms with Crippen LogP contribution in [0.5, 0.6) is 0 Å². The number of carbonyl (C=O) groups excluding carboxylic acids is 1. The van der Waals surface area contributed by atoms with Gasteiger partial charge in [-0.1, -0.05) is 24.3 Å². The highest BCUT2D eigenvalue weighted by Gasteiger charge is 2.18. The van der Waals surface area contributed by atoms with Crippen molar-refractivity contribution in [2.24, 2.45) is 0 Å². The van der Waals surface area contributed by atoms with Crippen molar-refractivity contribution in [2.75, 3.05) is 18.9 Å². The van der Waals surface area contributed by atoms with Crippen molar-refractivity contribution in [3.05, 3.63) is 58.6 Å². The van der Waals surface area contributed by atoms with Gasteiger partial charge in [0.2, 0.25) is 5.91 Å². The second-order valence-corrected chi connectivity index (χ2v) is 7.47. The highest BCUT2D eigenvalue weighted by Crippen LogP contribution is 2.28. The van der Waals surface area contributed by atoms with Crippen molar-refractivity contribution in [3.8, 4) is 0 Å². The third-order valence-electron chi connectivity index (χ3n) is 4.60. The second kappa shape index (κ2) is 7.33.